The third kappa shape index (κ3) is 3.14. The highest BCUT2D eigenvalue weighted by Gasteiger charge is 2.25. The molecule has 0 saturated heterocycles. The maximum Gasteiger partial charge on any atom is 0.127 e. The second kappa shape index (κ2) is 6.63. The van der Waals surface area contributed by atoms with Crippen LogP contribution in [0.5, 0.6) is 11.5 Å². The minimum atomic E-state index is -0.476. The van der Waals surface area contributed by atoms with Crippen molar-refractivity contribution in [2.45, 2.75) is 32.8 Å². The van der Waals surface area contributed by atoms with E-state index in [1.54, 1.807) is 7.11 Å². The van der Waals surface area contributed by atoms with Crippen LogP contribution in [-0.2, 0) is 6.42 Å². The van der Waals surface area contributed by atoms with Crippen LogP contribution in [0.15, 0.2) is 53.6 Å². The molecule has 1 unspecified atom stereocenters. The normalized spacial score (nSPS) is 18.7. The van der Waals surface area contributed by atoms with Crippen molar-refractivity contribution in [1.29, 1.82) is 0 Å². The van der Waals surface area contributed by atoms with Crippen LogP contribution in [0, 0.1) is 0 Å². The Morgan fingerprint density at radius 2 is 1.96 bits per heavy atom. The van der Waals surface area contributed by atoms with E-state index < -0.39 is 17.8 Å². The summed E-state index contributed by atoms with van der Waals surface area (Å²) in [5, 5.41) is 2.18. The minimum Gasteiger partial charge on any atom is -0.497 e. The molecule has 0 N–H and O–H groups in total. The lowest BCUT2D eigenvalue weighted by Gasteiger charge is -2.28. The van der Waals surface area contributed by atoms with Gasteiger partial charge in [0.2, 0.25) is 0 Å². The topological polar surface area (TPSA) is 18.5 Å². The standard InChI is InChI=1S/C20H20F2O2/c1-12(21)10-17(13(2)22)20-9-7-16-18-11-15(23-3)6-4-14(18)5-8-19(16)24-20/h4-6,8,10-11,20H,7,9H2,1-3H3/b12-10+,17-13-. The molecule has 2 nitrogen and oxygen atoms in total. The summed E-state index contributed by atoms with van der Waals surface area (Å²) in [4.78, 5) is 0. The second-order valence-electron chi connectivity index (χ2n) is 5.99. The highest BCUT2D eigenvalue weighted by atomic mass is 19.1. The van der Waals surface area contributed by atoms with E-state index in [-0.39, 0.29) is 5.57 Å². The first-order valence-electron chi connectivity index (χ1n) is 7.96. The van der Waals surface area contributed by atoms with E-state index >= 15 is 0 Å². The Morgan fingerprint density at radius 1 is 1.21 bits per heavy atom. The minimum absolute atomic E-state index is 0.270. The molecule has 1 heterocycles. The molecule has 0 bridgehead atoms. The summed E-state index contributed by atoms with van der Waals surface area (Å²) < 4.78 is 38.3. The molecule has 0 fully saturated rings. The molecule has 1 aliphatic heterocycles. The van der Waals surface area contributed by atoms with Gasteiger partial charge in [0.1, 0.15) is 23.4 Å². The van der Waals surface area contributed by atoms with E-state index in [4.69, 9.17) is 9.47 Å². The lowest BCUT2D eigenvalue weighted by atomic mass is 9.93. The first-order chi connectivity index (χ1) is 11.5. The second-order valence-corrected chi connectivity index (χ2v) is 5.99. The van der Waals surface area contributed by atoms with E-state index in [1.165, 1.54) is 19.9 Å². The molecule has 2 aromatic rings. The summed E-state index contributed by atoms with van der Waals surface area (Å²) in [6.07, 6.45) is 2.08. The highest BCUT2D eigenvalue weighted by Crippen LogP contribution is 2.37. The summed E-state index contributed by atoms with van der Waals surface area (Å²) >= 11 is 0. The zero-order valence-electron chi connectivity index (χ0n) is 14.0. The van der Waals surface area contributed by atoms with Gasteiger partial charge < -0.3 is 9.47 Å². The number of allylic oxidation sites excluding steroid dienone is 2. The van der Waals surface area contributed by atoms with Crippen molar-refractivity contribution in [2.75, 3.05) is 7.11 Å². The van der Waals surface area contributed by atoms with Crippen LogP contribution >= 0.6 is 0 Å². The van der Waals surface area contributed by atoms with Crippen molar-refractivity contribution in [1.82, 2.24) is 0 Å². The first kappa shape index (κ1) is 16.5. The number of ether oxygens (including phenoxy) is 2. The van der Waals surface area contributed by atoms with Gasteiger partial charge in [-0.25, -0.2) is 8.78 Å². The molecule has 0 spiro atoms. The Hall–Kier alpha value is -2.36. The predicted octanol–water partition coefficient (Wildman–Crippen LogP) is 5.66. The van der Waals surface area contributed by atoms with Gasteiger partial charge in [-0.1, -0.05) is 12.1 Å². The van der Waals surface area contributed by atoms with Gasteiger partial charge in [0, 0.05) is 11.1 Å². The molecule has 1 aliphatic rings. The lowest BCUT2D eigenvalue weighted by molar-refractivity contribution is 0.208. The lowest BCUT2D eigenvalue weighted by Crippen LogP contribution is -2.25. The molecule has 2 aromatic carbocycles. The fourth-order valence-electron chi connectivity index (χ4n) is 3.17. The predicted molar refractivity (Wildman–Crippen MR) is 91.9 cm³/mol. The molecule has 3 rings (SSSR count). The largest absolute Gasteiger partial charge is 0.497 e. The maximum absolute atomic E-state index is 13.8. The van der Waals surface area contributed by atoms with Crippen molar-refractivity contribution in [3.63, 3.8) is 0 Å². The van der Waals surface area contributed by atoms with E-state index in [0.29, 0.717) is 6.42 Å². The molecule has 0 amide bonds. The number of methoxy groups -OCH3 is 1. The molecule has 4 heteroatoms. The molecule has 0 saturated carbocycles. The quantitative estimate of drug-likeness (QED) is 0.676. The Kier molecular flexibility index (Phi) is 4.56. The molecule has 1 atom stereocenters. The Bertz CT molecular complexity index is 829. The van der Waals surface area contributed by atoms with Crippen LogP contribution in [0.1, 0.15) is 25.8 Å². The number of rotatable bonds is 3. The fourth-order valence-corrected chi connectivity index (χ4v) is 3.17. The van der Waals surface area contributed by atoms with E-state index in [9.17, 15) is 8.78 Å². The molecule has 24 heavy (non-hydrogen) atoms. The SMILES string of the molecule is COc1ccc2ccc3c(c2c1)CCC(C(/C=C(\C)F)=C(/C)F)O3. The zero-order valence-corrected chi connectivity index (χ0v) is 14.0. The van der Waals surface area contributed by atoms with E-state index in [1.807, 2.05) is 30.3 Å². The average Bonchev–Trinajstić information content (AvgIpc) is 2.58. The van der Waals surface area contributed by atoms with E-state index in [0.717, 1.165) is 34.3 Å². The highest BCUT2D eigenvalue weighted by molar-refractivity contribution is 5.89. The van der Waals surface area contributed by atoms with Crippen molar-refractivity contribution in [3.05, 3.63) is 59.2 Å². The summed E-state index contributed by atoms with van der Waals surface area (Å²) in [6.45, 7) is 2.64. The molecule has 0 aliphatic carbocycles. The third-order valence-corrected chi connectivity index (χ3v) is 4.32. The summed E-state index contributed by atoms with van der Waals surface area (Å²) in [6, 6.07) is 9.78. The first-order valence-corrected chi connectivity index (χ1v) is 7.96. The number of hydrogen-bond acceptors (Lipinski definition) is 2. The van der Waals surface area contributed by atoms with Gasteiger partial charge in [0.05, 0.1) is 12.9 Å². The molecular weight excluding hydrogens is 310 g/mol. The van der Waals surface area contributed by atoms with Gasteiger partial charge in [-0.15, -0.1) is 0 Å². The van der Waals surface area contributed by atoms with Gasteiger partial charge in [-0.3, -0.25) is 0 Å². The number of benzene rings is 2. The molecule has 0 radical (unpaired) electrons. The number of halogens is 2. The van der Waals surface area contributed by atoms with E-state index in [2.05, 4.69) is 0 Å². The van der Waals surface area contributed by atoms with Gasteiger partial charge in [0.25, 0.3) is 0 Å². The number of aryl methyl sites for hydroxylation is 1. The van der Waals surface area contributed by atoms with Crippen LogP contribution in [0.3, 0.4) is 0 Å². The smallest absolute Gasteiger partial charge is 0.127 e. The summed E-state index contributed by atoms with van der Waals surface area (Å²) in [5.74, 6) is 0.660. The van der Waals surface area contributed by atoms with Crippen molar-refractivity contribution in [3.8, 4) is 11.5 Å². The van der Waals surface area contributed by atoms with Crippen molar-refractivity contribution in [2.24, 2.45) is 0 Å². The van der Waals surface area contributed by atoms with Gasteiger partial charge >= 0.3 is 0 Å². The number of hydrogen-bond donors (Lipinski definition) is 0. The Labute approximate surface area is 140 Å². The Balaban J connectivity index is 2.01. The average molecular weight is 330 g/mol. The van der Waals surface area contributed by atoms with Crippen LogP contribution < -0.4 is 9.47 Å². The fraction of sp³-hybridized carbons (Fsp3) is 0.300. The van der Waals surface area contributed by atoms with Gasteiger partial charge in [-0.05, 0) is 61.7 Å². The van der Waals surface area contributed by atoms with Crippen molar-refractivity contribution >= 4 is 10.8 Å². The monoisotopic (exact) mass is 330 g/mol. The van der Waals surface area contributed by atoms with Crippen LogP contribution in [-0.4, -0.2) is 13.2 Å². The van der Waals surface area contributed by atoms with Gasteiger partial charge in [-0.2, -0.15) is 0 Å². The van der Waals surface area contributed by atoms with Crippen LogP contribution in [0.2, 0.25) is 0 Å². The van der Waals surface area contributed by atoms with Crippen LogP contribution in [0.25, 0.3) is 10.8 Å². The van der Waals surface area contributed by atoms with Crippen LogP contribution in [0.4, 0.5) is 8.78 Å². The van der Waals surface area contributed by atoms with Gasteiger partial charge in [0.15, 0.2) is 0 Å². The third-order valence-electron chi connectivity index (χ3n) is 4.32. The molecule has 126 valence electrons. The summed E-state index contributed by atoms with van der Waals surface area (Å²) in [7, 11) is 1.63. The zero-order chi connectivity index (χ0) is 17.3. The number of fused-ring (bicyclic) bond motifs is 3. The maximum atomic E-state index is 13.8. The molecule has 0 aromatic heterocycles. The Morgan fingerprint density at radius 3 is 2.62 bits per heavy atom. The summed E-state index contributed by atoms with van der Waals surface area (Å²) in [5.41, 5.74) is 1.35. The molecular formula is C20H20F2O2. The van der Waals surface area contributed by atoms with Crippen molar-refractivity contribution < 1.29 is 18.3 Å².